The summed E-state index contributed by atoms with van der Waals surface area (Å²) in [6.07, 6.45) is 8.51. The third kappa shape index (κ3) is 2.97. The van der Waals surface area contributed by atoms with Gasteiger partial charge in [-0.05, 0) is 24.3 Å². The number of hydrogen-bond donors (Lipinski definition) is 1. The first-order valence-corrected chi connectivity index (χ1v) is 8.13. The zero-order chi connectivity index (χ0) is 16.2. The molecule has 4 heterocycles. The normalized spacial score (nSPS) is 10.5. The predicted octanol–water partition coefficient (Wildman–Crippen LogP) is 3.80. The van der Waals surface area contributed by atoms with Crippen LogP contribution in [0.1, 0.15) is 0 Å². The van der Waals surface area contributed by atoms with Crippen LogP contribution in [0, 0.1) is 0 Å². The molecule has 0 bridgehead atoms. The number of thiazole rings is 1. The highest BCUT2D eigenvalue weighted by atomic mass is 32.1. The fraction of sp³-hybridized carbons (Fsp3) is 0. The Labute approximate surface area is 142 Å². The quantitative estimate of drug-likeness (QED) is 0.612. The molecule has 0 spiro atoms. The molecule has 4 aromatic rings. The molecular formula is C17H12N6S. The Kier molecular flexibility index (Phi) is 3.91. The molecule has 0 aliphatic heterocycles. The van der Waals surface area contributed by atoms with Crippen molar-refractivity contribution < 1.29 is 0 Å². The van der Waals surface area contributed by atoms with Gasteiger partial charge in [-0.2, -0.15) is 0 Å². The summed E-state index contributed by atoms with van der Waals surface area (Å²) in [5.74, 6) is 0.694. The molecule has 0 saturated carbocycles. The van der Waals surface area contributed by atoms with E-state index in [0.29, 0.717) is 5.82 Å². The smallest absolute Gasteiger partial charge is 0.188 e. The zero-order valence-electron chi connectivity index (χ0n) is 12.5. The molecule has 6 nitrogen and oxygen atoms in total. The van der Waals surface area contributed by atoms with Gasteiger partial charge in [-0.25, -0.2) is 9.97 Å². The van der Waals surface area contributed by atoms with Crippen LogP contribution in [0.15, 0.2) is 66.7 Å². The van der Waals surface area contributed by atoms with E-state index in [-0.39, 0.29) is 0 Å². The average molecular weight is 332 g/mol. The van der Waals surface area contributed by atoms with Crippen molar-refractivity contribution in [1.29, 1.82) is 0 Å². The molecule has 0 fully saturated rings. The number of aromatic nitrogens is 5. The number of nitrogens with zero attached hydrogens (tertiary/aromatic N) is 5. The van der Waals surface area contributed by atoms with Crippen molar-refractivity contribution in [2.45, 2.75) is 0 Å². The van der Waals surface area contributed by atoms with E-state index in [0.717, 1.165) is 27.8 Å². The molecule has 1 N–H and O–H groups in total. The van der Waals surface area contributed by atoms with Crippen molar-refractivity contribution in [2.24, 2.45) is 0 Å². The molecule has 0 amide bonds. The largest absolute Gasteiger partial charge is 0.316 e. The molecule has 0 aromatic carbocycles. The fourth-order valence-corrected chi connectivity index (χ4v) is 2.92. The van der Waals surface area contributed by atoms with Gasteiger partial charge in [0.25, 0.3) is 0 Å². The number of pyridine rings is 2. The Morgan fingerprint density at radius 1 is 0.792 bits per heavy atom. The molecule has 0 unspecified atom stereocenters. The average Bonchev–Trinajstić information content (AvgIpc) is 3.12. The van der Waals surface area contributed by atoms with E-state index < -0.39 is 0 Å². The van der Waals surface area contributed by atoms with E-state index in [1.54, 1.807) is 31.0 Å². The van der Waals surface area contributed by atoms with Gasteiger partial charge in [0.15, 0.2) is 5.13 Å². The summed E-state index contributed by atoms with van der Waals surface area (Å²) in [7, 11) is 0. The Morgan fingerprint density at radius 3 is 2.54 bits per heavy atom. The third-order valence-electron chi connectivity index (χ3n) is 3.30. The highest BCUT2D eigenvalue weighted by Crippen LogP contribution is 2.29. The lowest BCUT2D eigenvalue weighted by Crippen LogP contribution is -1.97. The van der Waals surface area contributed by atoms with Gasteiger partial charge in [-0.15, -0.1) is 11.3 Å². The molecule has 0 saturated heterocycles. The van der Waals surface area contributed by atoms with Crippen LogP contribution in [0.25, 0.3) is 22.6 Å². The predicted molar refractivity (Wildman–Crippen MR) is 93.9 cm³/mol. The van der Waals surface area contributed by atoms with Crippen molar-refractivity contribution in [3.8, 4) is 22.6 Å². The summed E-state index contributed by atoms with van der Waals surface area (Å²) in [5.41, 5.74) is 3.31. The number of nitrogens with one attached hydrogen (secondary N) is 1. The first kappa shape index (κ1) is 14.4. The van der Waals surface area contributed by atoms with Crippen molar-refractivity contribution in [1.82, 2.24) is 24.9 Å². The topological polar surface area (TPSA) is 76.5 Å². The van der Waals surface area contributed by atoms with Gasteiger partial charge < -0.3 is 5.32 Å². The number of anilines is 2. The van der Waals surface area contributed by atoms with Crippen LogP contribution in [-0.4, -0.2) is 24.9 Å². The maximum absolute atomic E-state index is 4.58. The molecule has 0 aliphatic carbocycles. The molecule has 0 aliphatic rings. The molecule has 4 rings (SSSR count). The molecule has 116 valence electrons. The van der Waals surface area contributed by atoms with Crippen molar-refractivity contribution >= 4 is 22.3 Å². The Hall–Kier alpha value is -3.19. The van der Waals surface area contributed by atoms with Gasteiger partial charge in [0.05, 0.1) is 17.6 Å². The van der Waals surface area contributed by atoms with Gasteiger partial charge in [-0.1, -0.05) is 6.07 Å². The van der Waals surface area contributed by atoms with Crippen LogP contribution >= 0.6 is 11.3 Å². The second kappa shape index (κ2) is 6.51. The maximum Gasteiger partial charge on any atom is 0.188 e. The van der Waals surface area contributed by atoms with E-state index in [1.807, 2.05) is 35.7 Å². The van der Waals surface area contributed by atoms with Gasteiger partial charge in [0, 0.05) is 35.7 Å². The number of hydrogen-bond acceptors (Lipinski definition) is 7. The summed E-state index contributed by atoms with van der Waals surface area (Å²) in [6.45, 7) is 0. The third-order valence-corrected chi connectivity index (χ3v) is 4.06. The monoisotopic (exact) mass is 332 g/mol. The molecular weight excluding hydrogens is 320 g/mol. The van der Waals surface area contributed by atoms with E-state index in [1.165, 1.54) is 11.3 Å². The summed E-state index contributed by atoms with van der Waals surface area (Å²) in [4.78, 5) is 21.7. The Bertz CT molecular complexity index is 939. The van der Waals surface area contributed by atoms with Crippen LogP contribution in [0.5, 0.6) is 0 Å². The van der Waals surface area contributed by atoms with Gasteiger partial charge >= 0.3 is 0 Å². The van der Waals surface area contributed by atoms with Gasteiger partial charge in [-0.3, -0.25) is 15.0 Å². The SMILES string of the molecule is c1ccc(-c2csc(Nc3ncccc3-c3cnccn3)n2)nc1. The van der Waals surface area contributed by atoms with Crippen LogP contribution in [0.3, 0.4) is 0 Å². The van der Waals surface area contributed by atoms with E-state index in [2.05, 4.69) is 30.2 Å². The molecule has 7 heteroatoms. The van der Waals surface area contributed by atoms with Gasteiger partial charge in [0.2, 0.25) is 0 Å². The standard InChI is InChI=1S/C17H12N6S/c1-2-6-19-13(5-1)15-11-24-17(22-15)23-16-12(4-3-7-21-16)14-10-18-8-9-20-14/h1-11H,(H,21,22,23). The highest BCUT2D eigenvalue weighted by Gasteiger charge is 2.10. The second-order valence-corrected chi connectivity index (χ2v) is 5.73. The summed E-state index contributed by atoms with van der Waals surface area (Å²) in [5, 5.41) is 5.98. The second-order valence-electron chi connectivity index (χ2n) is 4.87. The highest BCUT2D eigenvalue weighted by molar-refractivity contribution is 7.14. The first-order valence-electron chi connectivity index (χ1n) is 7.25. The maximum atomic E-state index is 4.58. The molecule has 0 atom stereocenters. The van der Waals surface area contributed by atoms with Crippen LogP contribution in [0.4, 0.5) is 10.9 Å². The number of rotatable bonds is 4. The minimum atomic E-state index is 0.694. The summed E-state index contributed by atoms with van der Waals surface area (Å²) < 4.78 is 0. The lowest BCUT2D eigenvalue weighted by Gasteiger charge is -2.07. The summed E-state index contributed by atoms with van der Waals surface area (Å²) in [6, 6.07) is 9.59. The van der Waals surface area contributed by atoms with Crippen LogP contribution in [-0.2, 0) is 0 Å². The lowest BCUT2D eigenvalue weighted by molar-refractivity contribution is 1.19. The molecule has 4 aromatic heterocycles. The minimum absolute atomic E-state index is 0.694. The lowest BCUT2D eigenvalue weighted by atomic mass is 10.2. The zero-order valence-corrected chi connectivity index (χ0v) is 13.3. The van der Waals surface area contributed by atoms with Gasteiger partial charge in [0.1, 0.15) is 11.5 Å². The fourth-order valence-electron chi connectivity index (χ4n) is 2.21. The minimum Gasteiger partial charge on any atom is -0.316 e. The van der Waals surface area contributed by atoms with E-state index in [4.69, 9.17) is 0 Å². The van der Waals surface area contributed by atoms with Crippen molar-refractivity contribution in [3.05, 3.63) is 66.7 Å². The Morgan fingerprint density at radius 2 is 1.71 bits per heavy atom. The van der Waals surface area contributed by atoms with Crippen molar-refractivity contribution in [2.75, 3.05) is 5.32 Å². The van der Waals surface area contributed by atoms with E-state index >= 15 is 0 Å². The van der Waals surface area contributed by atoms with Crippen molar-refractivity contribution in [3.63, 3.8) is 0 Å². The van der Waals surface area contributed by atoms with Crippen LogP contribution in [0.2, 0.25) is 0 Å². The van der Waals surface area contributed by atoms with Crippen LogP contribution < -0.4 is 5.32 Å². The molecule has 24 heavy (non-hydrogen) atoms. The molecule has 0 radical (unpaired) electrons. The van der Waals surface area contributed by atoms with E-state index in [9.17, 15) is 0 Å². The first-order chi connectivity index (χ1) is 11.9. The summed E-state index contributed by atoms with van der Waals surface area (Å²) >= 11 is 1.50. The Balaban J connectivity index is 1.64.